The summed E-state index contributed by atoms with van der Waals surface area (Å²) in [7, 11) is 0. The summed E-state index contributed by atoms with van der Waals surface area (Å²) in [4.78, 5) is 45.5. The third-order valence-corrected chi connectivity index (χ3v) is 8.68. The maximum atomic E-state index is 14.8. The molecular formula is C32H38N2O6. The molecule has 3 aliphatic rings. The number of carbonyl (C=O) groups is 3. The van der Waals surface area contributed by atoms with Crippen molar-refractivity contribution >= 4 is 23.5 Å². The molecule has 2 amide bonds. The lowest BCUT2D eigenvalue weighted by atomic mass is 9.70. The smallest absolute Gasteiger partial charge is 0.312 e. The Morgan fingerprint density at radius 3 is 2.67 bits per heavy atom. The van der Waals surface area contributed by atoms with Crippen molar-refractivity contribution in [3.63, 3.8) is 0 Å². The number of aliphatic hydroxyl groups excluding tert-OH is 1. The molecule has 0 aliphatic carbocycles. The van der Waals surface area contributed by atoms with E-state index in [0.717, 1.165) is 22.4 Å². The molecule has 0 saturated carbocycles. The molecule has 40 heavy (non-hydrogen) atoms. The van der Waals surface area contributed by atoms with Gasteiger partial charge in [-0.05, 0) is 62.8 Å². The zero-order chi connectivity index (χ0) is 28.6. The quantitative estimate of drug-likeness (QED) is 0.363. The Kier molecular flexibility index (Phi) is 7.84. The van der Waals surface area contributed by atoms with Gasteiger partial charge in [0.05, 0.1) is 37.2 Å². The van der Waals surface area contributed by atoms with Crippen LogP contribution < -0.4 is 4.90 Å². The standard InChI is InChI=1S/C32H38N2O6/c1-5-16-33(24-17-20(3)12-13-21(24)4)30(37)28-32-15-14-25(40-32)26(31(38)39-6-2)27(32)29(36)34(28)23(19-35)18-22-10-8-7-9-11-22/h5,7-13,17,23,25-28,35H,1,6,14-16,18-19H2,2-4H3/t23-,25-,26+,27+,28?,32?/m1/s1. The van der Waals surface area contributed by atoms with Gasteiger partial charge in [0.1, 0.15) is 11.6 Å². The molecule has 8 nitrogen and oxygen atoms in total. The number of carbonyl (C=O) groups excluding carboxylic acids is 3. The van der Waals surface area contributed by atoms with E-state index in [1.54, 1.807) is 17.9 Å². The highest BCUT2D eigenvalue weighted by Crippen LogP contribution is 2.59. The fraction of sp³-hybridized carbons (Fsp3) is 0.469. The van der Waals surface area contributed by atoms with E-state index in [2.05, 4.69) is 6.58 Å². The zero-order valence-corrected chi connectivity index (χ0v) is 23.4. The van der Waals surface area contributed by atoms with Gasteiger partial charge in [-0.1, -0.05) is 48.5 Å². The largest absolute Gasteiger partial charge is 0.466 e. The van der Waals surface area contributed by atoms with E-state index in [9.17, 15) is 19.5 Å². The number of benzene rings is 2. The van der Waals surface area contributed by atoms with Crippen molar-refractivity contribution in [2.24, 2.45) is 11.8 Å². The molecule has 2 bridgehead atoms. The molecule has 3 heterocycles. The topological polar surface area (TPSA) is 96.4 Å². The van der Waals surface area contributed by atoms with Gasteiger partial charge in [0.25, 0.3) is 5.91 Å². The van der Waals surface area contributed by atoms with Crippen molar-refractivity contribution < 1.29 is 29.0 Å². The fourth-order valence-corrected chi connectivity index (χ4v) is 7.00. The molecule has 1 N–H and O–H groups in total. The number of nitrogens with zero attached hydrogens (tertiary/aromatic N) is 2. The second-order valence-corrected chi connectivity index (χ2v) is 11.1. The van der Waals surface area contributed by atoms with Gasteiger partial charge in [0.15, 0.2) is 0 Å². The summed E-state index contributed by atoms with van der Waals surface area (Å²) in [5, 5.41) is 10.6. The summed E-state index contributed by atoms with van der Waals surface area (Å²) in [6, 6.07) is 13.8. The summed E-state index contributed by atoms with van der Waals surface area (Å²) >= 11 is 0. The molecule has 3 aliphatic heterocycles. The number of amides is 2. The number of ether oxygens (including phenoxy) is 2. The molecule has 0 radical (unpaired) electrons. The Balaban J connectivity index is 1.62. The first-order valence-corrected chi connectivity index (χ1v) is 14.1. The summed E-state index contributed by atoms with van der Waals surface area (Å²) < 4.78 is 11.9. The monoisotopic (exact) mass is 546 g/mol. The van der Waals surface area contributed by atoms with Crippen LogP contribution in [0.4, 0.5) is 5.69 Å². The molecule has 5 rings (SSSR count). The number of hydrogen-bond donors (Lipinski definition) is 1. The maximum absolute atomic E-state index is 14.8. The van der Waals surface area contributed by atoms with Crippen molar-refractivity contribution in [2.45, 2.75) is 63.8 Å². The second-order valence-electron chi connectivity index (χ2n) is 11.1. The first-order chi connectivity index (χ1) is 19.3. The molecule has 2 aromatic rings. The van der Waals surface area contributed by atoms with Crippen LogP contribution in [0.25, 0.3) is 0 Å². The predicted octanol–water partition coefficient (Wildman–Crippen LogP) is 3.36. The minimum atomic E-state index is -1.18. The number of anilines is 1. The van der Waals surface area contributed by atoms with E-state index in [4.69, 9.17) is 9.47 Å². The van der Waals surface area contributed by atoms with Gasteiger partial charge in [-0.2, -0.15) is 0 Å². The second kappa shape index (κ2) is 11.2. The number of aryl methyl sites for hydroxylation is 2. The number of esters is 1. The van der Waals surface area contributed by atoms with Gasteiger partial charge in [-0.15, -0.1) is 6.58 Å². The lowest BCUT2D eigenvalue weighted by Gasteiger charge is -2.39. The fourth-order valence-electron chi connectivity index (χ4n) is 7.00. The zero-order valence-electron chi connectivity index (χ0n) is 23.4. The van der Waals surface area contributed by atoms with Crippen LogP contribution in [0.3, 0.4) is 0 Å². The van der Waals surface area contributed by atoms with E-state index in [1.807, 2.05) is 62.4 Å². The molecule has 0 aromatic heterocycles. The minimum Gasteiger partial charge on any atom is -0.466 e. The Hall–Kier alpha value is -3.49. The van der Waals surface area contributed by atoms with Crippen molar-refractivity contribution in [2.75, 3.05) is 24.7 Å². The molecule has 3 fully saturated rings. The van der Waals surface area contributed by atoms with Crippen molar-refractivity contribution in [3.05, 3.63) is 77.9 Å². The molecular weight excluding hydrogens is 508 g/mol. The van der Waals surface area contributed by atoms with Crippen LogP contribution in [-0.4, -0.2) is 71.3 Å². The molecule has 8 heteroatoms. The SMILES string of the molecule is C=CCN(C(=O)C1N([C@@H](CO)Cc2ccccc2)C(=O)[C@@H]2[C@@H](C(=O)OCC)[C@H]3CCC12O3)c1cc(C)ccc1C. The molecule has 6 atom stereocenters. The van der Waals surface area contributed by atoms with Crippen LogP contribution in [0.5, 0.6) is 0 Å². The van der Waals surface area contributed by atoms with Crippen molar-refractivity contribution in [3.8, 4) is 0 Å². The van der Waals surface area contributed by atoms with Gasteiger partial charge < -0.3 is 24.4 Å². The van der Waals surface area contributed by atoms with Crippen LogP contribution in [0, 0.1) is 25.7 Å². The summed E-state index contributed by atoms with van der Waals surface area (Å²) in [6.45, 7) is 9.61. The maximum Gasteiger partial charge on any atom is 0.312 e. The van der Waals surface area contributed by atoms with Crippen LogP contribution in [0.15, 0.2) is 61.2 Å². The highest BCUT2D eigenvalue weighted by molar-refractivity contribution is 6.05. The van der Waals surface area contributed by atoms with E-state index < -0.39 is 41.6 Å². The van der Waals surface area contributed by atoms with E-state index in [0.29, 0.717) is 19.3 Å². The average molecular weight is 547 g/mol. The lowest BCUT2D eigenvalue weighted by molar-refractivity contribution is -0.155. The van der Waals surface area contributed by atoms with Gasteiger partial charge >= 0.3 is 5.97 Å². The Morgan fingerprint density at radius 1 is 1.25 bits per heavy atom. The van der Waals surface area contributed by atoms with Crippen LogP contribution in [0.2, 0.25) is 0 Å². The predicted molar refractivity (Wildman–Crippen MR) is 151 cm³/mol. The third kappa shape index (κ3) is 4.53. The molecule has 2 aromatic carbocycles. The Morgan fingerprint density at radius 2 is 2.00 bits per heavy atom. The number of rotatable bonds is 10. The number of fused-ring (bicyclic) bond motifs is 1. The van der Waals surface area contributed by atoms with Crippen LogP contribution in [-0.2, 0) is 30.3 Å². The molecule has 2 unspecified atom stereocenters. The third-order valence-electron chi connectivity index (χ3n) is 8.68. The lowest BCUT2D eigenvalue weighted by Crippen LogP contribution is -2.59. The number of likely N-dealkylation sites (tertiary alicyclic amines) is 1. The number of hydrogen-bond acceptors (Lipinski definition) is 6. The highest BCUT2D eigenvalue weighted by atomic mass is 16.6. The first kappa shape index (κ1) is 28.1. The van der Waals surface area contributed by atoms with Gasteiger partial charge in [0.2, 0.25) is 5.91 Å². The minimum absolute atomic E-state index is 0.190. The summed E-state index contributed by atoms with van der Waals surface area (Å²) in [6.07, 6.45) is 2.56. The van der Waals surface area contributed by atoms with Gasteiger partial charge in [-0.25, -0.2) is 0 Å². The van der Waals surface area contributed by atoms with Crippen molar-refractivity contribution in [1.29, 1.82) is 0 Å². The highest BCUT2D eigenvalue weighted by Gasteiger charge is 2.75. The normalized spacial score (nSPS) is 27.4. The number of aliphatic hydroxyl groups is 1. The van der Waals surface area contributed by atoms with Gasteiger partial charge in [-0.3, -0.25) is 14.4 Å². The Bertz CT molecular complexity index is 1300. The summed E-state index contributed by atoms with van der Waals surface area (Å²) in [5.41, 5.74) is 2.39. The molecule has 212 valence electrons. The van der Waals surface area contributed by atoms with Gasteiger partial charge in [0, 0.05) is 12.2 Å². The molecule has 1 spiro atoms. The van der Waals surface area contributed by atoms with Crippen molar-refractivity contribution in [1.82, 2.24) is 4.90 Å². The molecule has 3 saturated heterocycles. The van der Waals surface area contributed by atoms with Crippen LogP contribution in [0.1, 0.15) is 36.5 Å². The first-order valence-electron chi connectivity index (χ1n) is 14.1. The van der Waals surface area contributed by atoms with E-state index in [-0.39, 0.29) is 31.6 Å². The van der Waals surface area contributed by atoms with E-state index >= 15 is 0 Å². The average Bonchev–Trinajstić information content (AvgIpc) is 3.59. The summed E-state index contributed by atoms with van der Waals surface area (Å²) in [5.74, 6) is -2.75. The van der Waals surface area contributed by atoms with Crippen LogP contribution >= 0.6 is 0 Å². The Labute approximate surface area is 235 Å². The van der Waals surface area contributed by atoms with E-state index in [1.165, 1.54) is 4.90 Å².